The summed E-state index contributed by atoms with van der Waals surface area (Å²) in [5.74, 6) is 1.35. The number of epoxide rings is 2. The molecule has 6 atom stereocenters. The topological polar surface area (TPSA) is 52.8 Å². The van der Waals surface area contributed by atoms with Crippen molar-refractivity contribution in [2.24, 2.45) is 11.8 Å². The molecule has 4 aliphatic rings. The van der Waals surface area contributed by atoms with Crippen molar-refractivity contribution in [1.82, 2.24) is 0 Å². The van der Waals surface area contributed by atoms with Gasteiger partial charge in [-0.3, -0.25) is 0 Å². The number of hydrogen-bond acceptors (Lipinski definition) is 5. The molecule has 2 aliphatic heterocycles. The zero-order chi connectivity index (χ0) is 15.9. The van der Waals surface area contributed by atoms with Gasteiger partial charge in [-0.25, -0.2) is 0 Å². The van der Waals surface area contributed by atoms with Gasteiger partial charge in [0.05, 0.1) is 24.4 Å². The third-order valence-electron chi connectivity index (χ3n) is 6.25. The second kappa shape index (κ2) is 6.73. The Labute approximate surface area is 140 Å². The van der Waals surface area contributed by atoms with Crippen LogP contribution in [0.5, 0.6) is 0 Å². The van der Waals surface area contributed by atoms with Crippen molar-refractivity contribution in [3.05, 3.63) is 0 Å². The molecule has 0 radical (unpaired) electrons. The van der Waals surface area contributed by atoms with E-state index in [1.165, 1.54) is 32.1 Å². The quantitative estimate of drug-likeness (QED) is 0.501. The smallest absolute Gasteiger partial charge is 0.377 e. The third kappa shape index (κ3) is 3.83. The molecular formula is C17H30O5Si. The van der Waals surface area contributed by atoms with E-state index in [1.54, 1.807) is 14.2 Å². The van der Waals surface area contributed by atoms with Crippen LogP contribution in [0.15, 0.2) is 0 Å². The summed E-state index contributed by atoms with van der Waals surface area (Å²) in [4.78, 5) is 0. The standard InChI is InChI=1S/C17H30O5Si/c1-18-23(19-2,8-7-12-3-5-14-16(9-12)21-14)20-11-13-4-6-15-17(10-13)22-15/h12-17H,3-11H2,1-2H3. The van der Waals surface area contributed by atoms with Crippen LogP contribution in [0.4, 0.5) is 0 Å². The normalized spacial score (nSPS) is 42.0. The van der Waals surface area contributed by atoms with Crippen LogP contribution < -0.4 is 0 Å². The van der Waals surface area contributed by atoms with Crippen molar-refractivity contribution in [3.8, 4) is 0 Å². The average molecular weight is 343 g/mol. The molecule has 6 unspecified atom stereocenters. The molecule has 23 heavy (non-hydrogen) atoms. The molecule has 6 heteroatoms. The van der Waals surface area contributed by atoms with Gasteiger partial charge < -0.3 is 22.8 Å². The number of fused-ring (bicyclic) bond motifs is 2. The molecule has 0 bridgehead atoms. The lowest BCUT2D eigenvalue weighted by Gasteiger charge is -2.30. The van der Waals surface area contributed by atoms with Gasteiger partial charge in [0.15, 0.2) is 0 Å². The first-order chi connectivity index (χ1) is 11.2. The lowest BCUT2D eigenvalue weighted by Crippen LogP contribution is -2.45. The van der Waals surface area contributed by atoms with E-state index in [-0.39, 0.29) is 0 Å². The molecule has 0 aromatic heterocycles. The number of rotatable bonds is 8. The lowest BCUT2D eigenvalue weighted by atomic mass is 9.88. The summed E-state index contributed by atoms with van der Waals surface area (Å²) < 4.78 is 29.1. The molecule has 4 rings (SSSR count). The van der Waals surface area contributed by atoms with Gasteiger partial charge in [0.1, 0.15) is 0 Å². The van der Waals surface area contributed by atoms with Crippen molar-refractivity contribution in [2.75, 3.05) is 20.8 Å². The molecule has 0 N–H and O–H groups in total. The molecule has 0 spiro atoms. The summed E-state index contributed by atoms with van der Waals surface area (Å²) in [5.41, 5.74) is 0. The van der Waals surface area contributed by atoms with E-state index in [0.717, 1.165) is 31.4 Å². The first kappa shape index (κ1) is 16.5. The minimum atomic E-state index is -2.51. The Morgan fingerprint density at radius 1 is 0.826 bits per heavy atom. The molecule has 2 aliphatic carbocycles. The SMILES string of the molecule is CO[Si](CCC1CCC2OC2C1)(OC)OCC1CCC2OC2C1. The van der Waals surface area contributed by atoms with Gasteiger partial charge in [-0.1, -0.05) is 0 Å². The molecule has 0 aromatic rings. The highest BCUT2D eigenvalue weighted by molar-refractivity contribution is 6.60. The fourth-order valence-electron chi connectivity index (χ4n) is 4.49. The van der Waals surface area contributed by atoms with Gasteiger partial charge in [0, 0.05) is 26.9 Å². The summed E-state index contributed by atoms with van der Waals surface area (Å²) in [6.45, 7) is 0.763. The van der Waals surface area contributed by atoms with E-state index in [0.29, 0.717) is 30.3 Å². The van der Waals surface area contributed by atoms with Gasteiger partial charge in [0.2, 0.25) is 0 Å². The minimum absolute atomic E-state index is 0.507. The highest BCUT2D eigenvalue weighted by atomic mass is 28.4. The molecule has 2 heterocycles. The predicted octanol–water partition coefficient (Wildman–Crippen LogP) is 2.76. The summed E-state index contributed by atoms with van der Waals surface area (Å²) >= 11 is 0. The van der Waals surface area contributed by atoms with Crippen molar-refractivity contribution < 1.29 is 22.8 Å². The van der Waals surface area contributed by atoms with Crippen LogP contribution in [-0.4, -0.2) is 54.0 Å². The maximum Gasteiger partial charge on any atom is 0.500 e. The van der Waals surface area contributed by atoms with Crippen LogP contribution in [0.25, 0.3) is 0 Å². The van der Waals surface area contributed by atoms with Gasteiger partial charge in [-0.05, 0) is 56.8 Å². The first-order valence-corrected chi connectivity index (χ1v) is 11.2. The molecule has 2 saturated heterocycles. The van der Waals surface area contributed by atoms with Crippen molar-refractivity contribution in [2.45, 2.75) is 75.4 Å². The van der Waals surface area contributed by atoms with Crippen LogP contribution in [-0.2, 0) is 22.8 Å². The Balaban J connectivity index is 1.24. The van der Waals surface area contributed by atoms with Crippen LogP contribution >= 0.6 is 0 Å². The van der Waals surface area contributed by atoms with E-state index in [4.69, 9.17) is 22.8 Å². The third-order valence-corrected chi connectivity index (χ3v) is 9.00. The molecule has 2 saturated carbocycles. The lowest BCUT2D eigenvalue weighted by molar-refractivity contribution is 0.0738. The second-order valence-corrected chi connectivity index (χ2v) is 10.7. The Morgan fingerprint density at radius 3 is 2.04 bits per heavy atom. The Morgan fingerprint density at radius 2 is 1.43 bits per heavy atom. The van der Waals surface area contributed by atoms with E-state index < -0.39 is 8.80 Å². The highest BCUT2D eigenvalue weighted by Crippen LogP contribution is 2.42. The minimum Gasteiger partial charge on any atom is -0.377 e. The highest BCUT2D eigenvalue weighted by Gasteiger charge is 2.47. The molecule has 0 aromatic carbocycles. The Kier molecular flexibility index (Phi) is 4.82. The maximum absolute atomic E-state index is 6.27. The zero-order valence-electron chi connectivity index (χ0n) is 14.4. The molecule has 5 nitrogen and oxygen atoms in total. The van der Waals surface area contributed by atoms with Crippen LogP contribution in [0, 0.1) is 11.8 Å². The summed E-state index contributed by atoms with van der Waals surface area (Å²) in [6, 6.07) is 0.928. The largest absolute Gasteiger partial charge is 0.500 e. The van der Waals surface area contributed by atoms with E-state index in [1.807, 2.05) is 0 Å². The van der Waals surface area contributed by atoms with Crippen LogP contribution in [0.1, 0.15) is 44.9 Å². The fraction of sp³-hybridized carbons (Fsp3) is 1.00. The van der Waals surface area contributed by atoms with Gasteiger partial charge >= 0.3 is 8.80 Å². The Hall–Kier alpha value is 0.0169. The number of hydrogen-bond donors (Lipinski definition) is 0. The Bertz CT molecular complexity index is 382. The van der Waals surface area contributed by atoms with Gasteiger partial charge in [0.25, 0.3) is 0 Å². The van der Waals surface area contributed by atoms with E-state index in [2.05, 4.69) is 0 Å². The van der Waals surface area contributed by atoms with Crippen molar-refractivity contribution in [3.63, 3.8) is 0 Å². The van der Waals surface area contributed by atoms with Crippen LogP contribution in [0.3, 0.4) is 0 Å². The molecule has 132 valence electrons. The summed E-state index contributed by atoms with van der Waals surface area (Å²) in [7, 11) is 0.985. The summed E-state index contributed by atoms with van der Waals surface area (Å²) in [5, 5.41) is 0. The van der Waals surface area contributed by atoms with Gasteiger partial charge in [-0.2, -0.15) is 0 Å². The van der Waals surface area contributed by atoms with Crippen molar-refractivity contribution in [1.29, 1.82) is 0 Å². The van der Waals surface area contributed by atoms with Gasteiger partial charge in [-0.15, -0.1) is 0 Å². The average Bonchev–Trinajstić information content (AvgIpc) is 3.49. The molecule has 4 fully saturated rings. The number of ether oxygens (including phenoxy) is 2. The first-order valence-electron chi connectivity index (χ1n) is 9.26. The predicted molar refractivity (Wildman–Crippen MR) is 87.2 cm³/mol. The van der Waals surface area contributed by atoms with Crippen molar-refractivity contribution >= 4 is 8.80 Å². The zero-order valence-corrected chi connectivity index (χ0v) is 15.4. The monoisotopic (exact) mass is 342 g/mol. The van der Waals surface area contributed by atoms with E-state index >= 15 is 0 Å². The maximum atomic E-state index is 6.27. The second-order valence-electron chi connectivity index (χ2n) is 7.73. The molecular weight excluding hydrogens is 312 g/mol. The summed E-state index contributed by atoms with van der Waals surface area (Å²) in [6.07, 6.45) is 10.6. The molecule has 0 amide bonds. The van der Waals surface area contributed by atoms with E-state index in [9.17, 15) is 0 Å². The fourth-order valence-corrected chi connectivity index (χ4v) is 6.70. The van der Waals surface area contributed by atoms with Crippen LogP contribution in [0.2, 0.25) is 6.04 Å².